The monoisotopic (exact) mass is 215 g/mol. The molecule has 1 heterocycles. The van der Waals surface area contributed by atoms with Crippen LogP contribution < -0.4 is 0 Å². The molecule has 0 aromatic carbocycles. The van der Waals surface area contributed by atoms with Gasteiger partial charge in [0.2, 0.25) is 0 Å². The lowest BCUT2D eigenvalue weighted by Crippen LogP contribution is -2.21. The molecule has 0 aliphatic carbocycles. The van der Waals surface area contributed by atoms with Crippen LogP contribution in [-0.4, -0.2) is 35.6 Å². The van der Waals surface area contributed by atoms with Gasteiger partial charge in [-0.25, -0.2) is 0 Å². The van der Waals surface area contributed by atoms with E-state index in [4.69, 9.17) is 9.90 Å². The van der Waals surface area contributed by atoms with Gasteiger partial charge in [-0.05, 0) is 31.8 Å². The van der Waals surface area contributed by atoms with E-state index in [0.29, 0.717) is 0 Å². The van der Waals surface area contributed by atoms with Gasteiger partial charge in [0.1, 0.15) is 0 Å². The fourth-order valence-corrected chi connectivity index (χ4v) is 1.81. The Kier molecular flexibility index (Phi) is 8.38. The van der Waals surface area contributed by atoms with Crippen LogP contribution >= 0.6 is 0 Å². The van der Waals surface area contributed by atoms with Crippen molar-refractivity contribution >= 4 is 5.97 Å². The van der Waals surface area contributed by atoms with E-state index in [1.54, 1.807) is 0 Å². The number of likely N-dealkylation sites (tertiary alicyclic amines) is 1. The third-order valence-corrected chi connectivity index (χ3v) is 2.59. The lowest BCUT2D eigenvalue weighted by atomic mass is 10.2. The quantitative estimate of drug-likeness (QED) is 0.733. The Morgan fingerprint density at radius 1 is 1.47 bits per heavy atom. The Morgan fingerprint density at radius 3 is 2.47 bits per heavy atom. The summed E-state index contributed by atoms with van der Waals surface area (Å²) in [6.45, 7) is 9.76. The lowest BCUT2D eigenvalue weighted by Gasteiger charge is -2.14. The van der Waals surface area contributed by atoms with Gasteiger partial charge < -0.3 is 10.0 Å². The number of hydrogen-bond acceptors (Lipinski definition) is 2. The first-order valence-corrected chi connectivity index (χ1v) is 5.98. The third kappa shape index (κ3) is 9.73. The van der Waals surface area contributed by atoms with E-state index >= 15 is 0 Å². The van der Waals surface area contributed by atoms with E-state index in [9.17, 15) is 0 Å². The maximum atomic E-state index is 9.00. The van der Waals surface area contributed by atoms with E-state index in [-0.39, 0.29) is 0 Å². The van der Waals surface area contributed by atoms with Crippen molar-refractivity contribution in [3.8, 4) is 0 Å². The number of aliphatic carboxylic acids is 1. The minimum Gasteiger partial charge on any atom is -0.481 e. The number of rotatable bonds is 4. The molecular formula is C12H25NO2. The van der Waals surface area contributed by atoms with Gasteiger partial charge in [-0.3, -0.25) is 4.79 Å². The van der Waals surface area contributed by atoms with Crippen LogP contribution in [-0.2, 0) is 4.79 Å². The molecule has 1 saturated heterocycles. The van der Waals surface area contributed by atoms with Crippen LogP contribution in [0.15, 0.2) is 0 Å². The SMILES string of the molecule is CC(=O)O.CCCCCN1CCC(C)C1. The molecule has 0 spiro atoms. The fourth-order valence-electron chi connectivity index (χ4n) is 1.81. The van der Waals surface area contributed by atoms with E-state index in [1.807, 2.05) is 0 Å². The van der Waals surface area contributed by atoms with Crippen LogP contribution in [0.25, 0.3) is 0 Å². The second-order valence-corrected chi connectivity index (χ2v) is 4.42. The number of carbonyl (C=O) groups is 1. The molecule has 3 heteroatoms. The van der Waals surface area contributed by atoms with Crippen molar-refractivity contribution in [1.82, 2.24) is 4.90 Å². The van der Waals surface area contributed by atoms with Gasteiger partial charge in [-0.15, -0.1) is 0 Å². The van der Waals surface area contributed by atoms with Crippen molar-refractivity contribution in [2.45, 2.75) is 46.5 Å². The highest BCUT2D eigenvalue weighted by molar-refractivity contribution is 5.62. The molecule has 90 valence electrons. The summed E-state index contributed by atoms with van der Waals surface area (Å²) in [7, 11) is 0. The van der Waals surface area contributed by atoms with E-state index < -0.39 is 5.97 Å². The minimum atomic E-state index is -0.833. The first-order chi connectivity index (χ1) is 7.06. The number of nitrogens with zero attached hydrogens (tertiary/aromatic N) is 1. The average molecular weight is 215 g/mol. The Balaban J connectivity index is 0.000000423. The standard InChI is InChI=1S/C10H21N.C2H4O2/c1-3-4-5-7-11-8-6-10(2)9-11;1-2(3)4/h10H,3-9H2,1-2H3;1H3,(H,3,4). The van der Waals surface area contributed by atoms with Crippen LogP contribution in [0, 0.1) is 5.92 Å². The fraction of sp³-hybridized carbons (Fsp3) is 0.917. The molecule has 3 nitrogen and oxygen atoms in total. The summed E-state index contributed by atoms with van der Waals surface area (Å²) in [5.41, 5.74) is 0. The van der Waals surface area contributed by atoms with Crippen molar-refractivity contribution in [2.24, 2.45) is 5.92 Å². The van der Waals surface area contributed by atoms with Gasteiger partial charge in [-0.1, -0.05) is 26.7 Å². The smallest absolute Gasteiger partial charge is 0.300 e. The molecule has 1 unspecified atom stereocenters. The van der Waals surface area contributed by atoms with Gasteiger partial charge in [-0.2, -0.15) is 0 Å². The molecule has 1 atom stereocenters. The molecule has 0 aromatic rings. The Labute approximate surface area is 93.5 Å². The molecule has 0 amide bonds. The van der Waals surface area contributed by atoms with E-state index in [2.05, 4.69) is 18.7 Å². The maximum absolute atomic E-state index is 9.00. The number of unbranched alkanes of at least 4 members (excludes halogenated alkanes) is 2. The summed E-state index contributed by atoms with van der Waals surface area (Å²) in [6, 6.07) is 0. The van der Waals surface area contributed by atoms with Gasteiger partial charge >= 0.3 is 0 Å². The van der Waals surface area contributed by atoms with Crippen molar-refractivity contribution in [3.63, 3.8) is 0 Å². The summed E-state index contributed by atoms with van der Waals surface area (Å²) in [5.74, 6) is 0.122. The molecule has 1 aliphatic rings. The minimum absolute atomic E-state index is 0.833. The molecule has 1 fully saturated rings. The topological polar surface area (TPSA) is 40.5 Å². The highest BCUT2D eigenvalue weighted by atomic mass is 16.4. The molecule has 0 radical (unpaired) electrons. The van der Waals surface area contributed by atoms with Gasteiger partial charge in [0.25, 0.3) is 5.97 Å². The first-order valence-electron chi connectivity index (χ1n) is 5.98. The molecule has 15 heavy (non-hydrogen) atoms. The van der Waals surface area contributed by atoms with Crippen LogP contribution in [0.2, 0.25) is 0 Å². The summed E-state index contributed by atoms with van der Waals surface area (Å²) < 4.78 is 0. The Hall–Kier alpha value is -0.570. The van der Waals surface area contributed by atoms with Crippen LogP contribution in [0.3, 0.4) is 0 Å². The summed E-state index contributed by atoms with van der Waals surface area (Å²) >= 11 is 0. The number of carboxylic acids is 1. The van der Waals surface area contributed by atoms with Crippen LogP contribution in [0.5, 0.6) is 0 Å². The summed E-state index contributed by atoms with van der Waals surface area (Å²) in [5, 5.41) is 7.42. The second-order valence-electron chi connectivity index (χ2n) is 4.42. The Bertz CT molecular complexity index is 167. The molecule has 0 saturated carbocycles. The highest BCUT2D eigenvalue weighted by Crippen LogP contribution is 2.15. The van der Waals surface area contributed by atoms with Crippen LogP contribution in [0.1, 0.15) is 46.5 Å². The average Bonchev–Trinajstić information content (AvgIpc) is 2.51. The number of carboxylic acid groups (broad SMARTS) is 1. The van der Waals surface area contributed by atoms with Gasteiger partial charge in [0.05, 0.1) is 0 Å². The van der Waals surface area contributed by atoms with Crippen molar-refractivity contribution in [1.29, 1.82) is 0 Å². The van der Waals surface area contributed by atoms with E-state index in [0.717, 1.165) is 12.8 Å². The van der Waals surface area contributed by atoms with Crippen LogP contribution in [0.4, 0.5) is 0 Å². The maximum Gasteiger partial charge on any atom is 0.300 e. The summed E-state index contributed by atoms with van der Waals surface area (Å²) in [4.78, 5) is 11.6. The second kappa shape index (κ2) is 8.72. The highest BCUT2D eigenvalue weighted by Gasteiger charge is 2.17. The van der Waals surface area contributed by atoms with Gasteiger partial charge in [0.15, 0.2) is 0 Å². The third-order valence-electron chi connectivity index (χ3n) is 2.59. The molecule has 0 bridgehead atoms. The van der Waals surface area contributed by atoms with E-state index in [1.165, 1.54) is 45.3 Å². The first kappa shape index (κ1) is 14.4. The summed E-state index contributed by atoms with van der Waals surface area (Å²) in [6.07, 6.45) is 5.59. The molecule has 1 N–H and O–H groups in total. The predicted molar refractivity (Wildman–Crippen MR) is 63.1 cm³/mol. The van der Waals surface area contributed by atoms with Crippen molar-refractivity contribution in [3.05, 3.63) is 0 Å². The predicted octanol–water partition coefficient (Wildman–Crippen LogP) is 2.61. The molecular weight excluding hydrogens is 190 g/mol. The van der Waals surface area contributed by atoms with Crippen molar-refractivity contribution in [2.75, 3.05) is 19.6 Å². The molecule has 1 aliphatic heterocycles. The molecule has 1 rings (SSSR count). The van der Waals surface area contributed by atoms with Gasteiger partial charge in [0, 0.05) is 13.5 Å². The zero-order valence-electron chi connectivity index (χ0n) is 10.3. The zero-order valence-corrected chi connectivity index (χ0v) is 10.3. The normalized spacial score (nSPS) is 20.9. The lowest BCUT2D eigenvalue weighted by molar-refractivity contribution is -0.134. The largest absolute Gasteiger partial charge is 0.481 e. The Morgan fingerprint density at radius 2 is 2.07 bits per heavy atom. The van der Waals surface area contributed by atoms with Crippen molar-refractivity contribution < 1.29 is 9.90 Å². The number of hydrogen-bond donors (Lipinski definition) is 1. The molecule has 0 aromatic heterocycles. The zero-order chi connectivity index (χ0) is 11.7.